The lowest BCUT2D eigenvalue weighted by molar-refractivity contribution is 0.400. The molecule has 0 atom stereocenters. The van der Waals surface area contributed by atoms with Crippen molar-refractivity contribution in [3.05, 3.63) is 66.8 Å². The van der Waals surface area contributed by atoms with Crippen LogP contribution < -0.4 is 10.1 Å². The molecule has 4 aromatic rings. The van der Waals surface area contributed by atoms with E-state index in [9.17, 15) is 0 Å². The van der Waals surface area contributed by atoms with E-state index < -0.39 is 0 Å². The van der Waals surface area contributed by atoms with Gasteiger partial charge in [0.2, 0.25) is 5.88 Å². The highest BCUT2D eigenvalue weighted by Gasteiger charge is 2.18. The lowest BCUT2D eigenvalue weighted by atomic mass is 10.1. The molecule has 142 valence electrons. The monoisotopic (exact) mass is 383 g/mol. The van der Waals surface area contributed by atoms with Crippen LogP contribution in [0.25, 0.3) is 22.2 Å². The van der Waals surface area contributed by atoms with Crippen molar-refractivity contribution < 1.29 is 4.74 Å². The number of nitrogens with one attached hydrogen (secondary N) is 2. The molecule has 3 aromatic heterocycles. The van der Waals surface area contributed by atoms with Crippen molar-refractivity contribution in [3.8, 4) is 17.0 Å². The van der Waals surface area contributed by atoms with Gasteiger partial charge in [0, 0.05) is 11.8 Å². The number of rotatable bonds is 5. The molecule has 8 heteroatoms. The Balaban J connectivity index is 1.61. The van der Waals surface area contributed by atoms with Crippen LogP contribution in [0, 0.1) is 0 Å². The average molecular weight is 383 g/mol. The SMILES string of the molecule is COc1ncc(-c2ccccc2)cc1Nc1ncnc2n[nH]c(C3=NCC=C3)c12. The van der Waals surface area contributed by atoms with Crippen molar-refractivity contribution in [3.63, 3.8) is 0 Å². The Hall–Kier alpha value is -4.07. The van der Waals surface area contributed by atoms with Gasteiger partial charge in [0.1, 0.15) is 17.8 Å². The van der Waals surface area contributed by atoms with E-state index in [1.807, 2.05) is 48.6 Å². The number of hydrogen-bond donors (Lipinski definition) is 2. The summed E-state index contributed by atoms with van der Waals surface area (Å²) in [6.07, 6.45) is 7.22. The summed E-state index contributed by atoms with van der Waals surface area (Å²) in [7, 11) is 1.59. The fourth-order valence-corrected chi connectivity index (χ4v) is 3.29. The number of aliphatic imine (C=N–C) groups is 1. The van der Waals surface area contributed by atoms with E-state index in [4.69, 9.17) is 4.74 Å². The number of H-pyrrole nitrogens is 1. The molecule has 0 spiro atoms. The van der Waals surface area contributed by atoms with Crippen LogP contribution in [-0.2, 0) is 0 Å². The predicted molar refractivity (Wildman–Crippen MR) is 112 cm³/mol. The summed E-state index contributed by atoms with van der Waals surface area (Å²) in [4.78, 5) is 17.6. The van der Waals surface area contributed by atoms with Crippen LogP contribution in [0.15, 0.2) is 66.1 Å². The summed E-state index contributed by atoms with van der Waals surface area (Å²) in [5.41, 5.74) is 4.90. The molecular weight excluding hydrogens is 366 g/mol. The van der Waals surface area contributed by atoms with Gasteiger partial charge in [-0.2, -0.15) is 5.10 Å². The number of benzene rings is 1. The van der Waals surface area contributed by atoms with E-state index in [1.54, 1.807) is 13.3 Å². The van der Waals surface area contributed by atoms with Crippen LogP contribution in [0.3, 0.4) is 0 Å². The smallest absolute Gasteiger partial charge is 0.237 e. The first kappa shape index (κ1) is 17.1. The van der Waals surface area contributed by atoms with Crippen molar-refractivity contribution in [2.75, 3.05) is 19.0 Å². The first-order valence-corrected chi connectivity index (χ1v) is 9.10. The molecule has 0 aliphatic carbocycles. The molecule has 0 saturated heterocycles. The molecule has 29 heavy (non-hydrogen) atoms. The molecule has 0 saturated carbocycles. The molecule has 0 bridgehead atoms. The maximum atomic E-state index is 5.46. The third-order valence-corrected chi connectivity index (χ3v) is 4.65. The van der Waals surface area contributed by atoms with Crippen molar-refractivity contribution in [2.24, 2.45) is 4.99 Å². The van der Waals surface area contributed by atoms with Gasteiger partial charge in [-0.1, -0.05) is 36.4 Å². The van der Waals surface area contributed by atoms with E-state index in [-0.39, 0.29) is 0 Å². The highest BCUT2D eigenvalue weighted by Crippen LogP contribution is 2.32. The fraction of sp³-hybridized carbons (Fsp3) is 0.0952. The van der Waals surface area contributed by atoms with E-state index >= 15 is 0 Å². The summed E-state index contributed by atoms with van der Waals surface area (Å²) in [5.74, 6) is 1.08. The van der Waals surface area contributed by atoms with Gasteiger partial charge in [-0.3, -0.25) is 10.1 Å². The Morgan fingerprint density at radius 2 is 1.97 bits per heavy atom. The minimum absolute atomic E-state index is 0.472. The Labute approximate surface area is 166 Å². The van der Waals surface area contributed by atoms with Gasteiger partial charge in [0.15, 0.2) is 5.65 Å². The molecule has 1 aliphatic rings. The second-order valence-corrected chi connectivity index (χ2v) is 6.42. The topological polar surface area (TPSA) is 101 Å². The molecule has 5 rings (SSSR count). The molecule has 1 aliphatic heterocycles. The Morgan fingerprint density at radius 3 is 2.76 bits per heavy atom. The van der Waals surface area contributed by atoms with Crippen LogP contribution in [0.2, 0.25) is 0 Å². The third-order valence-electron chi connectivity index (χ3n) is 4.65. The number of aromatic amines is 1. The van der Waals surface area contributed by atoms with Gasteiger partial charge in [-0.05, 0) is 17.7 Å². The number of ether oxygens (including phenoxy) is 1. The second-order valence-electron chi connectivity index (χ2n) is 6.42. The summed E-state index contributed by atoms with van der Waals surface area (Å²) in [6.45, 7) is 0.656. The summed E-state index contributed by atoms with van der Waals surface area (Å²) >= 11 is 0. The standard InChI is InChI=1S/C21H17N7O/c1-29-21-16(10-14(11-23-21)13-6-3-2-4-7-13)26-19-17-18(15-8-5-9-22-15)27-28-20(17)25-12-24-19/h2-8,10-12H,9H2,1H3,(H2,24,25,26,27,28). The first-order chi connectivity index (χ1) is 14.3. The third kappa shape index (κ3) is 3.10. The number of nitrogens with zero attached hydrogens (tertiary/aromatic N) is 5. The zero-order valence-electron chi connectivity index (χ0n) is 15.6. The Morgan fingerprint density at radius 1 is 1.07 bits per heavy atom. The quantitative estimate of drug-likeness (QED) is 0.547. The first-order valence-electron chi connectivity index (χ1n) is 9.10. The maximum absolute atomic E-state index is 5.46. The van der Waals surface area contributed by atoms with Crippen LogP contribution in [0.1, 0.15) is 5.69 Å². The molecule has 0 fully saturated rings. The van der Waals surface area contributed by atoms with Gasteiger partial charge in [0.25, 0.3) is 0 Å². The highest BCUT2D eigenvalue weighted by molar-refractivity contribution is 6.17. The average Bonchev–Trinajstić information content (AvgIpc) is 3.44. The second kappa shape index (κ2) is 7.16. The van der Waals surface area contributed by atoms with Crippen molar-refractivity contribution >= 4 is 28.3 Å². The van der Waals surface area contributed by atoms with Crippen molar-refractivity contribution in [2.45, 2.75) is 0 Å². The van der Waals surface area contributed by atoms with Crippen LogP contribution in [0.4, 0.5) is 11.5 Å². The van der Waals surface area contributed by atoms with Crippen LogP contribution in [-0.4, -0.2) is 44.5 Å². The highest BCUT2D eigenvalue weighted by atomic mass is 16.5. The largest absolute Gasteiger partial charge is 0.480 e. The molecule has 4 heterocycles. The number of fused-ring (bicyclic) bond motifs is 1. The molecule has 1 aromatic carbocycles. The van der Waals surface area contributed by atoms with Gasteiger partial charge in [-0.15, -0.1) is 0 Å². The van der Waals surface area contributed by atoms with Gasteiger partial charge >= 0.3 is 0 Å². The molecular formula is C21H17N7O. The van der Waals surface area contributed by atoms with E-state index in [0.29, 0.717) is 29.6 Å². The molecule has 8 nitrogen and oxygen atoms in total. The van der Waals surface area contributed by atoms with E-state index in [0.717, 1.165) is 27.9 Å². The normalized spacial score (nSPS) is 12.9. The van der Waals surface area contributed by atoms with E-state index in [2.05, 4.69) is 35.5 Å². The van der Waals surface area contributed by atoms with Crippen molar-refractivity contribution in [1.29, 1.82) is 0 Å². The Kier molecular flexibility index (Phi) is 4.21. The van der Waals surface area contributed by atoms with Crippen molar-refractivity contribution in [1.82, 2.24) is 25.1 Å². The number of anilines is 2. The van der Waals surface area contributed by atoms with Crippen LogP contribution >= 0.6 is 0 Å². The lowest BCUT2D eigenvalue weighted by Crippen LogP contribution is -2.02. The maximum Gasteiger partial charge on any atom is 0.237 e. The Bertz CT molecular complexity index is 1240. The summed E-state index contributed by atoms with van der Waals surface area (Å²) in [5, 5.41) is 11.4. The fourth-order valence-electron chi connectivity index (χ4n) is 3.29. The number of methoxy groups -OCH3 is 1. The van der Waals surface area contributed by atoms with Crippen LogP contribution in [0.5, 0.6) is 5.88 Å². The molecule has 0 unspecified atom stereocenters. The van der Waals surface area contributed by atoms with Gasteiger partial charge in [-0.25, -0.2) is 15.0 Å². The van der Waals surface area contributed by atoms with Gasteiger partial charge in [0.05, 0.1) is 30.4 Å². The minimum atomic E-state index is 0.472. The molecule has 2 N–H and O–H groups in total. The lowest BCUT2D eigenvalue weighted by Gasteiger charge is -2.12. The van der Waals surface area contributed by atoms with Gasteiger partial charge < -0.3 is 10.1 Å². The molecule has 0 radical (unpaired) electrons. The summed E-state index contributed by atoms with van der Waals surface area (Å²) in [6, 6.07) is 12.0. The summed E-state index contributed by atoms with van der Waals surface area (Å²) < 4.78 is 5.46. The zero-order chi connectivity index (χ0) is 19.6. The minimum Gasteiger partial charge on any atom is -0.480 e. The van der Waals surface area contributed by atoms with E-state index in [1.165, 1.54) is 6.33 Å². The zero-order valence-corrected chi connectivity index (χ0v) is 15.6. The number of hydrogen-bond acceptors (Lipinski definition) is 7. The number of allylic oxidation sites excluding steroid dienone is 1. The molecule has 0 amide bonds. The predicted octanol–water partition coefficient (Wildman–Crippen LogP) is 3.53. The number of aromatic nitrogens is 5. The number of pyridine rings is 1.